The van der Waals surface area contributed by atoms with Gasteiger partial charge in [-0.1, -0.05) is 6.07 Å². The second kappa shape index (κ2) is 5.41. The largest absolute Gasteiger partial charge is 0.455 e. The Labute approximate surface area is 121 Å². The second-order valence-corrected chi connectivity index (χ2v) is 6.34. The molecule has 0 spiro atoms. The number of nitrogens with two attached hydrogens (primary N) is 1. The third kappa shape index (κ3) is 3.48. The van der Waals surface area contributed by atoms with Crippen molar-refractivity contribution in [3.05, 3.63) is 52.6 Å². The number of ether oxygens (including phenoxy) is 1. The molecule has 0 aromatic heterocycles. The minimum Gasteiger partial charge on any atom is -0.455 e. The van der Waals surface area contributed by atoms with Crippen LogP contribution in [0.5, 0.6) is 11.5 Å². The van der Waals surface area contributed by atoms with E-state index in [0.717, 1.165) is 6.26 Å². The standard InChI is InChI=1S/C13H12N2O5S/c1-21(18,19)11-4-2-3-10(8-11)20-13-6-5-9(15(16)17)7-12(13)14/h2-8H,14H2,1H3. The molecular formula is C13H12N2O5S. The van der Waals surface area contributed by atoms with Crippen LogP contribution < -0.4 is 10.5 Å². The number of nitro benzene ring substituents is 1. The Morgan fingerprint density at radius 2 is 1.90 bits per heavy atom. The first kappa shape index (κ1) is 14.8. The lowest BCUT2D eigenvalue weighted by molar-refractivity contribution is -0.384. The van der Waals surface area contributed by atoms with Crippen LogP contribution in [-0.4, -0.2) is 19.6 Å². The van der Waals surface area contributed by atoms with Gasteiger partial charge in [0.05, 0.1) is 15.5 Å². The third-order valence-corrected chi connectivity index (χ3v) is 3.78. The monoisotopic (exact) mass is 308 g/mol. The van der Waals surface area contributed by atoms with Crippen molar-refractivity contribution in [3.63, 3.8) is 0 Å². The van der Waals surface area contributed by atoms with Crippen molar-refractivity contribution in [1.29, 1.82) is 0 Å². The average molecular weight is 308 g/mol. The van der Waals surface area contributed by atoms with Crippen LogP contribution in [0.25, 0.3) is 0 Å². The molecule has 0 aliphatic rings. The van der Waals surface area contributed by atoms with Crippen molar-refractivity contribution in [2.45, 2.75) is 4.90 Å². The van der Waals surface area contributed by atoms with Crippen molar-refractivity contribution < 1.29 is 18.1 Å². The summed E-state index contributed by atoms with van der Waals surface area (Å²) in [5.41, 5.74) is 5.63. The number of non-ortho nitro benzene ring substituents is 1. The van der Waals surface area contributed by atoms with Gasteiger partial charge >= 0.3 is 0 Å². The summed E-state index contributed by atoms with van der Waals surface area (Å²) in [6.45, 7) is 0. The highest BCUT2D eigenvalue weighted by Gasteiger charge is 2.12. The lowest BCUT2D eigenvalue weighted by Gasteiger charge is -2.09. The van der Waals surface area contributed by atoms with Crippen LogP contribution in [0.2, 0.25) is 0 Å². The molecule has 0 bridgehead atoms. The molecule has 0 aliphatic carbocycles. The van der Waals surface area contributed by atoms with E-state index in [9.17, 15) is 18.5 Å². The van der Waals surface area contributed by atoms with Crippen molar-refractivity contribution in [3.8, 4) is 11.5 Å². The maximum atomic E-state index is 11.5. The maximum Gasteiger partial charge on any atom is 0.271 e. The molecular weight excluding hydrogens is 296 g/mol. The first-order valence-electron chi connectivity index (χ1n) is 5.79. The summed E-state index contributed by atoms with van der Waals surface area (Å²) in [4.78, 5) is 10.2. The van der Waals surface area contributed by atoms with E-state index < -0.39 is 14.8 Å². The van der Waals surface area contributed by atoms with E-state index in [1.54, 1.807) is 6.07 Å². The summed E-state index contributed by atoms with van der Waals surface area (Å²) in [5, 5.41) is 10.6. The van der Waals surface area contributed by atoms with Crippen molar-refractivity contribution in [1.82, 2.24) is 0 Å². The van der Waals surface area contributed by atoms with Crippen molar-refractivity contribution >= 4 is 21.2 Å². The van der Waals surface area contributed by atoms with Gasteiger partial charge in [0.25, 0.3) is 5.69 Å². The zero-order valence-corrected chi connectivity index (χ0v) is 11.8. The molecule has 0 fully saturated rings. The minimum absolute atomic E-state index is 0.0916. The van der Waals surface area contributed by atoms with E-state index in [-0.39, 0.29) is 27.8 Å². The number of nitro groups is 1. The van der Waals surface area contributed by atoms with Gasteiger partial charge < -0.3 is 10.5 Å². The van der Waals surface area contributed by atoms with Gasteiger partial charge in [-0.3, -0.25) is 10.1 Å². The van der Waals surface area contributed by atoms with Crippen LogP contribution in [0.3, 0.4) is 0 Å². The summed E-state index contributed by atoms with van der Waals surface area (Å²) in [5.74, 6) is 0.490. The predicted molar refractivity (Wildman–Crippen MR) is 77.1 cm³/mol. The number of hydrogen-bond donors (Lipinski definition) is 1. The van der Waals surface area contributed by atoms with Crippen LogP contribution in [0.15, 0.2) is 47.4 Å². The van der Waals surface area contributed by atoms with E-state index in [4.69, 9.17) is 10.5 Å². The Hall–Kier alpha value is -2.61. The fourth-order valence-electron chi connectivity index (χ4n) is 1.64. The molecule has 0 unspecified atom stereocenters. The number of nitrogen functional groups attached to an aromatic ring is 1. The van der Waals surface area contributed by atoms with Crippen LogP contribution in [0, 0.1) is 10.1 Å². The third-order valence-electron chi connectivity index (χ3n) is 2.67. The molecule has 0 heterocycles. The Morgan fingerprint density at radius 3 is 2.48 bits per heavy atom. The molecule has 2 aromatic rings. The summed E-state index contributed by atoms with van der Waals surface area (Å²) in [6.07, 6.45) is 1.09. The van der Waals surface area contributed by atoms with E-state index in [1.807, 2.05) is 0 Å². The highest BCUT2D eigenvalue weighted by molar-refractivity contribution is 7.90. The van der Waals surface area contributed by atoms with Crippen LogP contribution in [-0.2, 0) is 9.84 Å². The zero-order valence-electron chi connectivity index (χ0n) is 11.0. The molecule has 8 heteroatoms. The number of anilines is 1. The zero-order chi connectivity index (χ0) is 15.6. The normalized spacial score (nSPS) is 11.1. The van der Waals surface area contributed by atoms with Gasteiger partial charge in [0, 0.05) is 18.4 Å². The maximum absolute atomic E-state index is 11.5. The fourth-order valence-corrected chi connectivity index (χ4v) is 2.29. The van der Waals surface area contributed by atoms with Crippen LogP contribution in [0.1, 0.15) is 0 Å². The van der Waals surface area contributed by atoms with Gasteiger partial charge in [0.15, 0.2) is 15.6 Å². The molecule has 0 aliphatic heterocycles. The Morgan fingerprint density at radius 1 is 1.19 bits per heavy atom. The second-order valence-electron chi connectivity index (χ2n) is 4.33. The highest BCUT2D eigenvalue weighted by atomic mass is 32.2. The molecule has 2 rings (SSSR count). The first-order chi connectivity index (χ1) is 9.77. The average Bonchev–Trinajstić information content (AvgIpc) is 2.40. The lowest BCUT2D eigenvalue weighted by atomic mass is 10.2. The van der Waals surface area contributed by atoms with E-state index in [2.05, 4.69) is 0 Å². The SMILES string of the molecule is CS(=O)(=O)c1cccc(Oc2ccc([N+](=O)[O-])cc2N)c1. The van der Waals surface area contributed by atoms with Gasteiger partial charge in [-0.15, -0.1) is 0 Å². The molecule has 2 aromatic carbocycles. The van der Waals surface area contributed by atoms with E-state index in [0.29, 0.717) is 0 Å². The summed E-state index contributed by atoms with van der Waals surface area (Å²) in [7, 11) is -3.35. The van der Waals surface area contributed by atoms with E-state index in [1.165, 1.54) is 36.4 Å². The minimum atomic E-state index is -3.35. The van der Waals surface area contributed by atoms with Crippen molar-refractivity contribution in [2.24, 2.45) is 0 Å². The molecule has 0 saturated heterocycles. The molecule has 0 atom stereocenters. The molecule has 7 nitrogen and oxygen atoms in total. The van der Waals surface area contributed by atoms with Crippen LogP contribution in [0.4, 0.5) is 11.4 Å². The number of hydrogen-bond acceptors (Lipinski definition) is 6. The number of benzene rings is 2. The van der Waals surface area contributed by atoms with Gasteiger partial charge in [-0.2, -0.15) is 0 Å². The molecule has 0 radical (unpaired) electrons. The Bertz CT molecular complexity index is 802. The topological polar surface area (TPSA) is 113 Å². The van der Waals surface area contributed by atoms with Gasteiger partial charge in [-0.05, 0) is 24.3 Å². The summed E-state index contributed by atoms with van der Waals surface area (Å²) in [6, 6.07) is 9.70. The first-order valence-corrected chi connectivity index (χ1v) is 7.68. The van der Waals surface area contributed by atoms with E-state index >= 15 is 0 Å². The number of nitrogens with zero attached hydrogens (tertiary/aromatic N) is 1. The smallest absolute Gasteiger partial charge is 0.271 e. The summed E-state index contributed by atoms with van der Waals surface area (Å²) < 4.78 is 28.4. The van der Waals surface area contributed by atoms with Gasteiger partial charge in [0.2, 0.25) is 0 Å². The van der Waals surface area contributed by atoms with Crippen LogP contribution >= 0.6 is 0 Å². The number of rotatable bonds is 4. The molecule has 2 N–H and O–H groups in total. The van der Waals surface area contributed by atoms with Gasteiger partial charge in [0.1, 0.15) is 5.75 Å². The molecule has 21 heavy (non-hydrogen) atoms. The predicted octanol–water partition coefficient (Wildman–Crippen LogP) is 2.37. The quantitative estimate of drug-likeness (QED) is 0.527. The fraction of sp³-hybridized carbons (Fsp3) is 0.0769. The Balaban J connectivity index is 2.33. The molecule has 110 valence electrons. The Kier molecular flexibility index (Phi) is 3.81. The number of sulfone groups is 1. The van der Waals surface area contributed by atoms with Crippen molar-refractivity contribution in [2.75, 3.05) is 12.0 Å². The summed E-state index contributed by atoms with van der Waals surface area (Å²) >= 11 is 0. The molecule has 0 saturated carbocycles. The lowest BCUT2D eigenvalue weighted by Crippen LogP contribution is -1.98. The highest BCUT2D eigenvalue weighted by Crippen LogP contribution is 2.31. The van der Waals surface area contributed by atoms with Gasteiger partial charge in [-0.25, -0.2) is 8.42 Å². The molecule has 0 amide bonds.